The van der Waals surface area contributed by atoms with Crippen LogP contribution in [-0.2, 0) is 0 Å². The lowest BCUT2D eigenvalue weighted by molar-refractivity contribution is 0.111. The molecule has 5 heteroatoms. The van der Waals surface area contributed by atoms with Crippen LogP contribution in [0.25, 0.3) is 0 Å². The number of ether oxygens (including phenoxy) is 1. The molecule has 0 saturated heterocycles. The summed E-state index contributed by atoms with van der Waals surface area (Å²) >= 11 is 1.01. The predicted octanol–water partition coefficient (Wildman–Crippen LogP) is 2.28. The molecule has 0 saturated carbocycles. The molecule has 0 spiro atoms. The summed E-state index contributed by atoms with van der Waals surface area (Å²) in [5.41, 5.74) is 0.408. The highest BCUT2D eigenvalue weighted by Gasteiger charge is 2.13. The van der Waals surface area contributed by atoms with E-state index in [1.165, 1.54) is 12.0 Å². The van der Waals surface area contributed by atoms with E-state index in [9.17, 15) is 9.59 Å². The Morgan fingerprint density at radius 2 is 2.12 bits per heavy atom. The van der Waals surface area contributed by atoms with E-state index in [4.69, 9.17) is 4.74 Å². The third-order valence-electron chi connectivity index (χ3n) is 1.93. The van der Waals surface area contributed by atoms with Crippen LogP contribution in [0, 0.1) is 0 Å². The number of methoxy groups -OCH3 is 1. The number of nitrogens with zero attached hydrogens (tertiary/aromatic N) is 1. The molecule has 0 aromatic heterocycles. The second-order valence-electron chi connectivity index (χ2n) is 3.25. The average Bonchev–Trinajstić information content (AvgIpc) is 2.28. The minimum atomic E-state index is -0.128. The maximum Gasteiger partial charge on any atom is 0.285 e. The van der Waals surface area contributed by atoms with Gasteiger partial charge in [0.05, 0.1) is 12.7 Å². The van der Waals surface area contributed by atoms with Gasteiger partial charge in [-0.05, 0) is 23.9 Å². The quantitative estimate of drug-likeness (QED) is 0.599. The smallest absolute Gasteiger partial charge is 0.285 e. The molecular weight excluding hydrogens is 226 g/mol. The second-order valence-corrected chi connectivity index (χ2v) is 4.25. The van der Waals surface area contributed by atoms with E-state index in [0.29, 0.717) is 22.5 Å². The Kier molecular flexibility index (Phi) is 4.37. The molecule has 0 heterocycles. The van der Waals surface area contributed by atoms with Gasteiger partial charge in [-0.25, -0.2) is 0 Å². The standard InChI is InChI=1S/C11H13NO3S/c1-12(2)11(14)16-10-6-4-5-9(15-3)8(10)7-13/h4-7H,1-3H3. The summed E-state index contributed by atoms with van der Waals surface area (Å²) in [5, 5.41) is -0.128. The van der Waals surface area contributed by atoms with Gasteiger partial charge >= 0.3 is 0 Å². The lowest BCUT2D eigenvalue weighted by Crippen LogP contribution is -2.16. The molecule has 86 valence electrons. The Labute approximate surface area is 98.6 Å². The topological polar surface area (TPSA) is 46.6 Å². The van der Waals surface area contributed by atoms with E-state index < -0.39 is 0 Å². The second kappa shape index (κ2) is 5.55. The van der Waals surface area contributed by atoms with Crippen LogP contribution in [0.4, 0.5) is 4.79 Å². The number of amides is 1. The molecule has 0 aliphatic carbocycles. The van der Waals surface area contributed by atoms with Crippen LogP contribution in [0.1, 0.15) is 10.4 Å². The van der Waals surface area contributed by atoms with Gasteiger partial charge in [0, 0.05) is 19.0 Å². The first-order valence-electron chi connectivity index (χ1n) is 4.61. The normalized spacial score (nSPS) is 9.69. The highest BCUT2D eigenvalue weighted by atomic mass is 32.2. The van der Waals surface area contributed by atoms with Crippen molar-refractivity contribution in [1.82, 2.24) is 4.90 Å². The number of benzene rings is 1. The zero-order valence-corrected chi connectivity index (χ0v) is 10.2. The molecule has 16 heavy (non-hydrogen) atoms. The van der Waals surface area contributed by atoms with Gasteiger partial charge in [0.15, 0.2) is 6.29 Å². The SMILES string of the molecule is COc1cccc(SC(=O)N(C)C)c1C=O. The van der Waals surface area contributed by atoms with E-state index >= 15 is 0 Å². The summed E-state index contributed by atoms with van der Waals surface area (Å²) in [6, 6.07) is 5.16. The minimum absolute atomic E-state index is 0.128. The Morgan fingerprint density at radius 3 is 2.62 bits per heavy atom. The summed E-state index contributed by atoms with van der Waals surface area (Å²) in [6.45, 7) is 0. The van der Waals surface area contributed by atoms with Gasteiger partial charge in [-0.3, -0.25) is 9.59 Å². The summed E-state index contributed by atoms with van der Waals surface area (Å²) in [5.74, 6) is 0.478. The first-order chi connectivity index (χ1) is 7.60. The van der Waals surface area contributed by atoms with E-state index in [1.54, 1.807) is 32.3 Å². The molecule has 0 bridgehead atoms. The monoisotopic (exact) mass is 239 g/mol. The number of rotatable bonds is 3. The number of aldehydes is 1. The third kappa shape index (κ3) is 2.76. The Bertz CT molecular complexity index is 404. The molecule has 1 aromatic carbocycles. The molecule has 4 nitrogen and oxygen atoms in total. The number of hydrogen-bond acceptors (Lipinski definition) is 4. The molecule has 0 N–H and O–H groups in total. The number of carbonyl (C=O) groups is 2. The van der Waals surface area contributed by atoms with Crippen molar-refractivity contribution >= 4 is 23.3 Å². The zero-order chi connectivity index (χ0) is 12.1. The fourth-order valence-electron chi connectivity index (χ4n) is 1.09. The van der Waals surface area contributed by atoms with Gasteiger partial charge < -0.3 is 9.64 Å². The Morgan fingerprint density at radius 1 is 1.44 bits per heavy atom. The molecule has 0 radical (unpaired) electrons. The molecular formula is C11H13NO3S. The van der Waals surface area contributed by atoms with Crippen molar-refractivity contribution in [3.05, 3.63) is 23.8 Å². The summed E-state index contributed by atoms with van der Waals surface area (Å²) in [6.07, 6.45) is 0.699. The molecule has 0 aliphatic heterocycles. The van der Waals surface area contributed by atoms with Gasteiger partial charge in [0.25, 0.3) is 5.24 Å². The van der Waals surface area contributed by atoms with Gasteiger partial charge in [-0.15, -0.1) is 0 Å². The van der Waals surface area contributed by atoms with E-state index in [-0.39, 0.29) is 5.24 Å². The van der Waals surface area contributed by atoms with Gasteiger partial charge in [0.2, 0.25) is 0 Å². The summed E-state index contributed by atoms with van der Waals surface area (Å²) < 4.78 is 5.05. The maximum absolute atomic E-state index is 11.5. The van der Waals surface area contributed by atoms with Crippen molar-refractivity contribution in [1.29, 1.82) is 0 Å². The van der Waals surface area contributed by atoms with Crippen LogP contribution in [0.2, 0.25) is 0 Å². The van der Waals surface area contributed by atoms with E-state index in [0.717, 1.165) is 11.8 Å². The van der Waals surface area contributed by atoms with Gasteiger partial charge in [-0.1, -0.05) is 6.07 Å². The lowest BCUT2D eigenvalue weighted by Gasteiger charge is -2.11. The van der Waals surface area contributed by atoms with Gasteiger partial charge in [0.1, 0.15) is 5.75 Å². The fourth-order valence-corrected chi connectivity index (χ4v) is 1.87. The van der Waals surface area contributed by atoms with Crippen molar-refractivity contribution < 1.29 is 14.3 Å². The molecule has 0 unspecified atom stereocenters. The Hall–Kier alpha value is -1.49. The number of thioether (sulfide) groups is 1. The zero-order valence-electron chi connectivity index (χ0n) is 9.39. The van der Waals surface area contributed by atoms with Crippen LogP contribution >= 0.6 is 11.8 Å². The molecule has 1 rings (SSSR count). The van der Waals surface area contributed by atoms with Crippen molar-refractivity contribution in [3.63, 3.8) is 0 Å². The average molecular weight is 239 g/mol. The lowest BCUT2D eigenvalue weighted by atomic mass is 10.2. The predicted molar refractivity (Wildman–Crippen MR) is 63.3 cm³/mol. The van der Waals surface area contributed by atoms with Crippen molar-refractivity contribution in [3.8, 4) is 5.75 Å². The molecule has 1 amide bonds. The Balaban J connectivity index is 3.04. The summed E-state index contributed by atoms with van der Waals surface area (Å²) in [4.78, 5) is 24.5. The molecule has 0 aliphatic rings. The number of hydrogen-bond donors (Lipinski definition) is 0. The van der Waals surface area contributed by atoms with Crippen LogP contribution in [-0.4, -0.2) is 37.6 Å². The minimum Gasteiger partial charge on any atom is -0.496 e. The van der Waals surface area contributed by atoms with Crippen molar-refractivity contribution in [2.45, 2.75) is 4.90 Å². The van der Waals surface area contributed by atoms with Crippen LogP contribution in [0.3, 0.4) is 0 Å². The maximum atomic E-state index is 11.5. The van der Waals surface area contributed by atoms with E-state index in [2.05, 4.69) is 0 Å². The van der Waals surface area contributed by atoms with Gasteiger partial charge in [-0.2, -0.15) is 0 Å². The van der Waals surface area contributed by atoms with Crippen LogP contribution < -0.4 is 4.74 Å². The first kappa shape index (κ1) is 12.6. The van der Waals surface area contributed by atoms with Crippen LogP contribution in [0.15, 0.2) is 23.1 Å². The molecule has 0 fully saturated rings. The fraction of sp³-hybridized carbons (Fsp3) is 0.273. The highest BCUT2D eigenvalue weighted by Crippen LogP contribution is 2.29. The molecule has 0 atom stereocenters. The van der Waals surface area contributed by atoms with Crippen LogP contribution in [0.5, 0.6) is 5.75 Å². The first-order valence-corrected chi connectivity index (χ1v) is 5.43. The summed E-state index contributed by atoms with van der Waals surface area (Å²) in [7, 11) is 4.82. The largest absolute Gasteiger partial charge is 0.496 e. The van der Waals surface area contributed by atoms with Crippen molar-refractivity contribution in [2.75, 3.05) is 21.2 Å². The molecule has 1 aromatic rings. The number of carbonyl (C=O) groups excluding carboxylic acids is 2. The third-order valence-corrected chi connectivity index (χ3v) is 3.04. The highest BCUT2D eigenvalue weighted by molar-refractivity contribution is 8.13. The van der Waals surface area contributed by atoms with Crippen molar-refractivity contribution in [2.24, 2.45) is 0 Å². The van der Waals surface area contributed by atoms with E-state index in [1.807, 2.05) is 0 Å².